The van der Waals surface area contributed by atoms with E-state index in [4.69, 9.17) is 10.5 Å². The zero-order valence-corrected chi connectivity index (χ0v) is 63.3. The molecule has 0 radical (unpaired) electrons. The van der Waals surface area contributed by atoms with Crippen LogP contribution in [0.1, 0.15) is 162 Å². The Balaban J connectivity index is 2.50. The summed E-state index contributed by atoms with van der Waals surface area (Å²) in [5, 5.41) is 13.8. The molecule has 3 saturated heterocycles. The molecule has 14 atom stereocenters. The number of allylic oxidation sites excluding steroid dienone is 2. The Hall–Kier alpha value is -7.98. The van der Waals surface area contributed by atoms with Gasteiger partial charge in [-0.05, 0) is 102 Å². The second kappa shape index (κ2) is 37.4. The zero-order chi connectivity index (χ0) is 75.7. The molecule has 8 N–H and O–H groups in total. The molecular formula is C70H119N15O14. The second-order valence-electron chi connectivity index (χ2n) is 29.6. The van der Waals surface area contributed by atoms with Crippen molar-refractivity contribution in [3.8, 4) is 0 Å². The largest absolute Gasteiger partial charge is 0.458 e. The van der Waals surface area contributed by atoms with Gasteiger partial charge in [-0.25, -0.2) is 9.78 Å². The Morgan fingerprint density at radius 1 is 0.616 bits per heavy atom. The van der Waals surface area contributed by atoms with Gasteiger partial charge in [0.2, 0.25) is 70.9 Å². The van der Waals surface area contributed by atoms with Crippen molar-refractivity contribution in [1.29, 1.82) is 0 Å². The smallest absolute Gasteiger partial charge is 0.329 e. The van der Waals surface area contributed by atoms with Crippen LogP contribution in [0.4, 0.5) is 0 Å². The molecule has 1 aromatic rings. The van der Waals surface area contributed by atoms with E-state index in [1.54, 1.807) is 53.7 Å². The number of carbonyl (C=O) groups excluding carboxylic acids is 13. The van der Waals surface area contributed by atoms with Gasteiger partial charge in [0.1, 0.15) is 72.1 Å². The Labute approximate surface area is 586 Å². The third-order valence-corrected chi connectivity index (χ3v) is 18.9. The van der Waals surface area contributed by atoms with Crippen LogP contribution in [0.2, 0.25) is 0 Å². The van der Waals surface area contributed by atoms with E-state index in [0.29, 0.717) is 5.69 Å². The summed E-state index contributed by atoms with van der Waals surface area (Å²) < 4.78 is 6.56. The predicted octanol–water partition coefficient (Wildman–Crippen LogP) is 1.98. The first-order valence-corrected chi connectivity index (χ1v) is 34.9. The number of aromatic amines is 1. The number of rotatable bonds is 19. The molecule has 0 saturated carbocycles. The number of carbonyl (C=O) groups is 13. The minimum atomic E-state index is -2.03. The highest BCUT2D eigenvalue weighted by Crippen LogP contribution is 2.39. The van der Waals surface area contributed by atoms with Crippen LogP contribution < -0.4 is 32.3 Å². The van der Waals surface area contributed by atoms with Gasteiger partial charge >= 0.3 is 5.97 Å². The van der Waals surface area contributed by atoms with E-state index >= 15 is 28.8 Å². The highest BCUT2D eigenvalue weighted by molar-refractivity contribution is 6.01. The van der Waals surface area contributed by atoms with E-state index in [9.17, 15) is 33.6 Å². The third kappa shape index (κ3) is 21.8. The maximum atomic E-state index is 15.8. The van der Waals surface area contributed by atoms with Crippen LogP contribution in [0.25, 0.3) is 0 Å². The normalized spacial score (nSPS) is 27.3. The van der Waals surface area contributed by atoms with Gasteiger partial charge in [-0.2, -0.15) is 0 Å². The Morgan fingerprint density at radius 2 is 1.10 bits per heavy atom. The molecule has 3 fully saturated rings. The van der Waals surface area contributed by atoms with Crippen LogP contribution >= 0.6 is 0 Å². The van der Waals surface area contributed by atoms with Gasteiger partial charge in [0, 0.05) is 73.6 Å². The number of H-pyrrole nitrogens is 1. The van der Waals surface area contributed by atoms with Crippen molar-refractivity contribution in [2.75, 3.05) is 55.9 Å². The maximum Gasteiger partial charge on any atom is 0.329 e. The van der Waals surface area contributed by atoms with Crippen molar-refractivity contribution >= 4 is 76.9 Å². The van der Waals surface area contributed by atoms with Gasteiger partial charge < -0.3 is 76.3 Å². The van der Waals surface area contributed by atoms with E-state index in [2.05, 4.69) is 36.6 Å². The summed E-state index contributed by atoms with van der Waals surface area (Å²) >= 11 is 0. The monoisotopic (exact) mass is 1390 g/mol. The Morgan fingerprint density at radius 3 is 1.58 bits per heavy atom. The fourth-order valence-corrected chi connectivity index (χ4v) is 13.0. The van der Waals surface area contributed by atoms with Crippen LogP contribution in [-0.2, 0) is 73.5 Å². The highest BCUT2D eigenvalue weighted by Gasteiger charge is 2.60. The summed E-state index contributed by atoms with van der Waals surface area (Å²) in [6.07, 6.45) is 4.30. The van der Waals surface area contributed by atoms with E-state index in [0.717, 1.165) is 9.80 Å². The molecule has 0 aromatic carbocycles. The summed E-state index contributed by atoms with van der Waals surface area (Å²) in [6, 6.07) is -14.4. The fourth-order valence-electron chi connectivity index (χ4n) is 13.0. The number of hydrogen-bond acceptors (Lipinski definition) is 16. The lowest BCUT2D eigenvalue weighted by atomic mass is 9.69. The SMILES string of the molecule is C/C=C/C[C@@H]1[C@@H](OC(=O)C(Cc2cnc[nH]2)NC(=O)C(C)N)[C@H]2C(=O)N[C@@]1(CC)C(=O)N(C)CC(=O)N(C)[C@@H](CC(C)C)C(=O)N[C@@H](C(C)C)C(=O)N(C)[C@@H](CC(C)C)C(=O)N[C@@H](C)C(=O)N[C@H](C)C(=O)N(C)[C@@H](CC(C)C)C(=O)N(C)[C@@H](CC(C)C)C(=O)N(C)[C@@H](C(C)C)C(=O)N2C. The molecule has 3 aliphatic rings. The quantitative estimate of drug-likeness (QED) is 0.0592. The number of fused-ring (bicyclic) bond motifs is 30. The highest BCUT2D eigenvalue weighted by atomic mass is 16.5. The fraction of sp³-hybridized carbons (Fsp3) is 0.743. The van der Waals surface area contributed by atoms with E-state index < -0.39 is 179 Å². The zero-order valence-electron chi connectivity index (χ0n) is 63.3. The summed E-state index contributed by atoms with van der Waals surface area (Å²) in [7, 11) is 9.70. The molecule has 558 valence electrons. The van der Waals surface area contributed by atoms with Gasteiger partial charge in [0.15, 0.2) is 0 Å². The van der Waals surface area contributed by atoms with Crippen molar-refractivity contribution in [1.82, 2.24) is 70.9 Å². The summed E-state index contributed by atoms with van der Waals surface area (Å²) in [4.78, 5) is 209. The van der Waals surface area contributed by atoms with E-state index in [1.165, 1.54) is 107 Å². The Kier molecular flexibility index (Phi) is 32.2. The number of esters is 1. The number of aromatic nitrogens is 2. The molecular weight excluding hydrogens is 1270 g/mol. The lowest BCUT2D eigenvalue weighted by Crippen LogP contribution is -2.76. The number of imidazole rings is 1. The molecule has 99 heavy (non-hydrogen) atoms. The van der Waals surface area contributed by atoms with Gasteiger partial charge in [-0.3, -0.25) is 57.5 Å². The molecule has 29 heteroatoms. The molecule has 12 amide bonds. The number of nitrogens with two attached hydrogens (primary N) is 1. The molecule has 2 bridgehead atoms. The van der Waals surface area contributed by atoms with Crippen LogP contribution in [0, 0.1) is 41.4 Å². The van der Waals surface area contributed by atoms with Gasteiger partial charge in [-0.1, -0.05) is 102 Å². The summed E-state index contributed by atoms with van der Waals surface area (Å²) in [5.74, 6) is -13.3. The number of hydrogen-bond donors (Lipinski definition) is 7. The summed E-state index contributed by atoms with van der Waals surface area (Å²) in [5.41, 5.74) is 4.37. The third-order valence-electron chi connectivity index (χ3n) is 18.9. The number of likely N-dealkylation sites (N-methyl/N-ethyl adjacent to an activating group) is 7. The van der Waals surface area contributed by atoms with Crippen molar-refractivity contribution in [2.24, 2.45) is 47.2 Å². The second-order valence-corrected chi connectivity index (χ2v) is 29.6. The number of amides is 12. The van der Waals surface area contributed by atoms with Crippen LogP contribution in [-0.4, -0.2) is 255 Å². The van der Waals surface area contributed by atoms with Crippen molar-refractivity contribution in [3.63, 3.8) is 0 Å². The van der Waals surface area contributed by atoms with Crippen LogP contribution in [0.5, 0.6) is 0 Å². The topological polar surface area (TPSA) is 369 Å². The predicted molar refractivity (Wildman–Crippen MR) is 373 cm³/mol. The number of nitrogens with zero attached hydrogens (tertiary/aromatic N) is 8. The van der Waals surface area contributed by atoms with Crippen LogP contribution in [0.3, 0.4) is 0 Å². The average molecular weight is 1390 g/mol. The van der Waals surface area contributed by atoms with Gasteiger partial charge in [0.25, 0.3) is 0 Å². The molecule has 2 unspecified atom stereocenters. The lowest BCUT2D eigenvalue weighted by molar-refractivity contribution is -0.179. The van der Waals surface area contributed by atoms with Gasteiger partial charge in [-0.15, -0.1) is 0 Å². The average Bonchev–Trinajstić information content (AvgIpc) is 1.27. The molecule has 4 heterocycles. The molecule has 0 spiro atoms. The van der Waals surface area contributed by atoms with Crippen molar-refractivity contribution in [2.45, 2.75) is 241 Å². The molecule has 29 nitrogen and oxygen atoms in total. The molecule has 4 rings (SSSR count). The minimum Gasteiger partial charge on any atom is -0.458 e. The Bertz CT molecular complexity index is 3020. The number of ether oxygens (including phenoxy) is 1. The maximum absolute atomic E-state index is 15.8. The minimum absolute atomic E-state index is 0.0779. The molecule has 0 aliphatic carbocycles. The van der Waals surface area contributed by atoms with Crippen molar-refractivity contribution in [3.05, 3.63) is 30.4 Å². The van der Waals surface area contributed by atoms with E-state index in [-0.39, 0.29) is 68.6 Å². The molecule has 3 aliphatic heterocycles. The van der Waals surface area contributed by atoms with E-state index in [1.807, 2.05) is 55.4 Å². The van der Waals surface area contributed by atoms with Crippen molar-refractivity contribution < 1.29 is 67.1 Å². The number of nitrogens with one attached hydrogen (secondary N) is 6. The lowest BCUT2D eigenvalue weighted by Gasteiger charge is -2.52. The van der Waals surface area contributed by atoms with Crippen LogP contribution in [0.15, 0.2) is 24.7 Å². The standard InChI is InChI=1S/C70H119N15O14/c1-25-27-28-47-57(99-68(97)48(76-58(87)43(15)71)33-46-34-72-36-73-46)56-62(91)78-70(47,26-2)69(98)79(18)35-53(86)80(19)49(29-37(3)4)61(90)77-54(41(11)12)66(95)81(20)50(30-38(5)6)60(89)74-44(16)59(88)75-45(17)63(92)82(21)51(31-39(7)8)64(93)83(22)52(32-40(9)10)65(94)84(23)55(42(13)14)67(96)85(56)24/h25,27,34,36-45,47-52,54-57H,26,28-33,35,71H2,1-24H3,(H,72,73)(H,74,89)(H,75,88)(H,76,87)(H,77,90)(H,78,91)/b27-25+/t43?,44-,45+,47+,48?,49-,50-,51-,52-,54-,55-,56-,57+,70+/m0/s1. The first kappa shape index (κ1) is 85.2. The first-order valence-electron chi connectivity index (χ1n) is 34.9. The van der Waals surface area contributed by atoms with Gasteiger partial charge in [0.05, 0.1) is 18.9 Å². The number of piperidine rings is 1. The summed E-state index contributed by atoms with van der Waals surface area (Å²) in [6.45, 7) is 28.5. The first-order chi connectivity index (χ1) is 45.9. The molecule has 1 aromatic heterocycles.